The van der Waals surface area contributed by atoms with Crippen molar-refractivity contribution in [3.8, 4) is 0 Å². The molecule has 0 bridgehead atoms. The quantitative estimate of drug-likeness (QED) is 0.563. The number of nitro benzene ring substituents is 2. The summed E-state index contributed by atoms with van der Waals surface area (Å²) in [6.45, 7) is 2.69. The summed E-state index contributed by atoms with van der Waals surface area (Å²) in [7, 11) is 0. The van der Waals surface area contributed by atoms with E-state index in [1.54, 1.807) is 0 Å². The predicted molar refractivity (Wildman–Crippen MR) is 87.9 cm³/mol. The number of nitrogens with zero attached hydrogens (tertiary/aromatic N) is 2. The molecule has 26 heavy (non-hydrogen) atoms. The van der Waals surface area contributed by atoms with Crippen molar-refractivity contribution < 1.29 is 23.4 Å². The van der Waals surface area contributed by atoms with E-state index in [1.807, 2.05) is 0 Å². The zero-order valence-electron chi connectivity index (χ0n) is 13.8. The van der Waals surface area contributed by atoms with Gasteiger partial charge in [0.15, 0.2) is 0 Å². The summed E-state index contributed by atoms with van der Waals surface area (Å²) in [6, 6.07) is 5.62. The Bertz CT molecular complexity index is 829. The van der Waals surface area contributed by atoms with Crippen LogP contribution in [0.25, 0.3) is 0 Å². The molecule has 0 aliphatic carbocycles. The highest BCUT2D eigenvalue weighted by Gasteiger charge is 2.29. The maximum absolute atomic E-state index is 14.0. The molecule has 0 radical (unpaired) electrons. The number of benzene rings is 2. The minimum Gasteiger partial charge on any atom is -0.298 e. The van der Waals surface area contributed by atoms with Crippen LogP contribution in [0.5, 0.6) is 0 Å². The fraction of sp³-hybridized carbons (Fsp3) is 0.235. The lowest BCUT2D eigenvalue weighted by Crippen LogP contribution is -2.18. The van der Waals surface area contributed by atoms with Crippen molar-refractivity contribution in [2.24, 2.45) is 0 Å². The lowest BCUT2D eigenvalue weighted by atomic mass is 9.85. The Morgan fingerprint density at radius 1 is 0.846 bits per heavy atom. The predicted octanol–water partition coefficient (Wildman–Crippen LogP) is 4.26. The van der Waals surface area contributed by atoms with Crippen molar-refractivity contribution in [1.82, 2.24) is 0 Å². The zero-order valence-corrected chi connectivity index (χ0v) is 13.8. The fourth-order valence-corrected chi connectivity index (χ4v) is 2.63. The van der Waals surface area contributed by atoms with Crippen LogP contribution in [0.1, 0.15) is 36.8 Å². The van der Waals surface area contributed by atoms with Crippen LogP contribution >= 0.6 is 0 Å². The minimum atomic E-state index is -1.11. The first-order valence-electron chi connectivity index (χ1n) is 7.55. The normalized spacial score (nSPS) is 13.1. The van der Waals surface area contributed by atoms with Crippen LogP contribution in [-0.2, 0) is 4.79 Å². The van der Waals surface area contributed by atoms with Gasteiger partial charge in [-0.3, -0.25) is 25.0 Å². The molecule has 0 N–H and O–H groups in total. The Morgan fingerprint density at radius 2 is 1.19 bits per heavy atom. The van der Waals surface area contributed by atoms with Crippen molar-refractivity contribution in [3.63, 3.8) is 0 Å². The van der Waals surface area contributed by atoms with Crippen molar-refractivity contribution in [2.75, 3.05) is 0 Å². The monoisotopic (exact) mass is 364 g/mol. The third-order valence-electron chi connectivity index (χ3n) is 4.17. The number of nitro groups is 2. The van der Waals surface area contributed by atoms with E-state index in [4.69, 9.17) is 0 Å². The highest BCUT2D eigenvalue weighted by atomic mass is 19.1. The van der Waals surface area contributed by atoms with Crippen molar-refractivity contribution >= 4 is 17.2 Å². The molecule has 0 saturated carbocycles. The molecular formula is C17H14F2N2O5. The molecule has 0 spiro atoms. The molecule has 9 heteroatoms. The van der Waals surface area contributed by atoms with Crippen molar-refractivity contribution in [1.29, 1.82) is 0 Å². The second-order valence-corrected chi connectivity index (χ2v) is 5.77. The van der Waals surface area contributed by atoms with Crippen LogP contribution < -0.4 is 0 Å². The molecule has 2 aromatic carbocycles. The SMILES string of the molecule is CC(C(=O)C(C)c1cc([N+](=O)[O-])ccc1F)c1cc([N+](=O)[O-])ccc1F. The number of halogens is 2. The third kappa shape index (κ3) is 3.71. The molecule has 0 fully saturated rings. The van der Waals surface area contributed by atoms with Crippen LogP contribution in [0.15, 0.2) is 36.4 Å². The lowest BCUT2D eigenvalue weighted by molar-refractivity contribution is -0.385. The van der Waals surface area contributed by atoms with Gasteiger partial charge >= 0.3 is 0 Å². The molecule has 136 valence electrons. The summed E-state index contributed by atoms with van der Waals surface area (Å²) in [5, 5.41) is 21.7. The Morgan fingerprint density at radius 3 is 1.50 bits per heavy atom. The first-order chi connectivity index (χ1) is 12.1. The highest BCUT2D eigenvalue weighted by Crippen LogP contribution is 2.32. The number of hydrogen-bond acceptors (Lipinski definition) is 5. The molecule has 0 aliphatic heterocycles. The Kier molecular flexibility index (Phi) is 5.39. The van der Waals surface area contributed by atoms with E-state index in [0.29, 0.717) is 0 Å². The lowest BCUT2D eigenvalue weighted by Gasteiger charge is -2.18. The number of carbonyl (C=O) groups excluding carboxylic acids is 1. The first kappa shape index (κ1) is 19.1. The number of ketones is 1. The van der Waals surface area contributed by atoms with Gasteiger partial charge in [-0.15, -0.1) is 0 Å². The molecule has 0 aliphatic rings. The van der Waals surface area contributed by atoms with Crippen LogP contribution in [0, 0.1) is 31.9 Å². The van der Waals surface area contributed by atoms with Crippen LogP contribution in [0.3, 0.4) is 0 Å². The van der Waals surface area contributed by atoms with Crippen molar-refractivity contribution in [3.05, 3.63) is 79.4 Å². The summed E-state index contributed by atoms with van der Waals surface area (Å²) in [4.78, 5) is 32.9. The van der Waals surface area contributed by atoms with Gasteiger partial charge in [0.25, 0.3) is 11.4 Å². The first-order valence-corrected chi connectivity index (χ1v) is 7.55. The van der Waals surface area contributed by atoms with Crippen LogP contribution in [-0.4, -0.2) is 15.6 Å². The summed E-state index contributed by atoms with van der Waals surface area (Å²) in [6.07, 6.45) is 0. The highest BCUT2D eigenvalue weighted by molar-refractivity contribution is 5.91. The van der Waals surface area contributed by atoms with Crippen LogP contribution in [0.4, 0.5) is 20.2 Å². The second-order valence-electron chi connectivity index (χ2n) is 5.77. The molecule has 0 heterocycles. The van der Waals surface area contributed by atoms with Crippen molar-refractivity contribution in [2.45, 2.75) is 25.7 Å². The molecule has 0 amide bonds. The number of hydrogen-bond donors (Lipinski definition) is 0. The van der Waals surface area contributed by atoms with Gasteiger partial charge in [0.1, 0.15) is 17.4 Å². The number of Topliss-reactive ketones (excluding diaryl/α,β-unsaturated/α-hetero) is 1. The van der Waals surface area contributed by atoms with Gasteiger partial charge in [0.2, 0.25) is 0 Å². The zero-order chi connectivity index (χ0) is 19.6. The number of non-ortho nitro benzene ring substituents is 2. The number of rotatable bonds is 6. The molecule has 0 saturated heterocycles. The molecule has 2 atom stereocenters. The van der Waals surface area contributed by atoms with E-state index in [-0.39, 0.29) is 22.5 Å². The van der Waals surface area contributed by atoms with Gasteiger partial charge in [0.05, 0.1) is 9.85 Å². The van der Waals surface area contributed by atoms with Crippen LogP contribution in [0.2, 0.25) is 0 Å². The Balaban J connectivity index is 2.40. The van der Waals surface area contributed by atoms with Gasteiger partial charge in [-0.1, -0.05) is 13.8 Å². The van der Waals surface area contributed by atoms with Gasteiger partial charge in [-0.25, -0.2) is 8.78 Å². The average molecular weight is 364 g/mol. The third-order valence-corrected chi connectivity index (χ3v) is 4.17. The molecule has 2 unspecified atom stereocenters. The minimum absolute atomic E-state index is 0.193. The van der Waals surface area contributed by atoms with Gasteiger partial charge in [0, 0.05) is 47.2 Å². The summed E-state index contributed by atoms with van der Waals surface area (Å²) >= 11 is 0. The topological polar surface area (TPSA) is 103 Å². The van der Waals surface area contributed by atoms with E-state index in [1.165, 1.54) is 13.8 Å². The largest absolute Gasteiger partial charge is 0.298 e. The van der Waals surface area contributed by atoms with E-state index >= 15 is 0 Å². The smallest absolute Gasteiger partial charge is 0.269 e. The van der Waals surface area contributed by atoms with Gasteiger partial charge in [-0.2, -0.15) is 0 Å². The molecule has 2 rings (SSSR count). The molecule has 2 aromatic rings. The maximum Gasteiger partial charge on any atom is 0.269 e. The van der Waals surface area contributed by atoms with E-state index in [2.05, 4.69) is 0 Å². The summed E-state index contributed by atoms with van der Waals surface area (Å²) in [5.74, 6) is -4.44. The summed E-state index contributed by atoms with van der Waals surface area (Å²) in [5.41, 5.74) is -1.14. The Hall–Kier alpha value is -3.23. The van der Waals surface area contributed by atoms with E-state index in [0.717, 1.165) is 36.4 Å². The summed E-state index contributed by atoms with van der Waals surface area (Å²) < 4.78 is 28.0. The second kappa shape index (κ2) is 7.34. The molecule has 0 aromatic heterocycles. The standard InChI is InChI=1S/C17H14F2N2O5/c1-9(13-7-11(20(23)24)3-5-15(13)18)17(22)10(2)14-8-12(21(25)26)4-6-16(14)19/h3-10H,1-2H3. The number of carbonyl (C=O) groups is 1. The van der Waals surface area contributed by atoms with Gasteiger partial charge < -0.3 is 0 Å². The van der Waals surface area contributed by atoms with E-state index < -0.39 is 39.1 Å². The molecule has 7 nitrogen and oxygen atoms in total. The Labute approximate surface area is 146 Å². The molecular weight excluding hydrogens is 350 g/mol. The average Bonchev–Trinajstić information content (AvgIpc) is 2.60. The maximum atomic E-state index is 14.0. The fourth-order valence-electron chi connectivity index (χ4n) is 2.63. The van der Waals surface area contributed by atoms with E-state index in [9.17, 15) is 33.8 Å². The van der Waals surface area contributed by atoms with Gasteiger partial charge in [-0.05, 0) is 12.1 Å².